The van der Waals surface area contributed by atoms with E-state index in [2.05, 4.69) is 5.32 Å². The number of halogens is 4. The molecule has 0 spiro atoms. The molecule has 138 valence electrons. The van der Waals surface area contributed by atoms with Crippen molar-refractivity contribution in [3.63, 3.8) is 0 Å². The van der Waals surface area contributed by atoms with Crippen molar-refractivity contribution in [3.8, 4) is 11.5 Å². The van der Waals surface area contributed by atoms with Crippen molar-refractivity contribution in [3.05, 3.63) is 52.5 Å². The van der Waals surface area contributed by atoms with Gasteiger partial charge in [0, 0.05) is 16.8 Å². The molecule has 0 bridgehead atoms. The summed E-state index contributed by atoms with van der Waals surface area (Å²) in [4.78, 5) is 12.2. The fraction of sp³-hybridized carbons (Fsp3) is 0.235. The minimum atomic E-state index is -5.05. The summed E-state index contributed by atoms with van der Waals surface area (Å²) >= 11 is 5.76. The van der Waals surface area contributed by atoms with Crippen LogP contribution in [0.25, 0.3) is 0 Å². The van der Waals surface area contributed by atoms with Gasteiger partial charge in [-0.15, -0.1) is 0 Å². The number of anilines is 1. The Labute approximate surface area is 152 Å². The molecule has 0 saturated carbocycles. The Kier molecular flexibility index (Phi) is 4.39. The van der Waals surface area contributed by atoms with E-state index in [9.17, 15) is 18.0 Å². The predicted molar refractivity (Wildman–Crippen MR) is 89.6 cm³/mol. The third-order valence-electron chi connectivity index (χ3n) is 3.78. The number of rotatable bonds is 2. The van der Waals surface area contributed by atoms with Crippen LogP contribution in [0.4, 0.5) is 23.7 Å². The van der Waals surface area contributed by atoms with Crippen molar-refractivity contribution in [2.45, 2.75) is 25.9 Å². The van der Waals surface area contributed by atoms with Crippen LogP contribution in [0.1, 0.15) is 11.1 Å². The first-order valence-electron chi connectivity index (χ1n) is 7.51. The number of nitrogens with one attached hydrogen (secondary N) is 2. The first-order chi connectivity index (χ1) is 12.1. The summed E-state index contributed by atoms with van der Waals surface area (Å²) in [5.74, 6) is -3.75. The molecular formula is C17H14ClF3N2O3. The van der Waals surface area contributed by atoms with Crippen LogP contribution in [0.2, 0.25) is 5.02 Å². The molecule has 26 heavy (non-hydrogen) atoms. The molecule has 2 N–H and O–H groups in total. The lowest BCUT2D eigenvalue weighted by Gasteiger charge is -2.29. The van der Waals surface area contributed by atoms with Crippen LogP contribution in [0.3, 0.4) is 0 Å². The lowest BCUT2D eigenvalue weighted by molar-refractivity contribution is -0.317. The third kappa shape index (κ3) is 3.24. The Bertz CT molecular complexity index is 853. The summed E-state index contributed by atoms with van der Waals surface area (Å²) < 4.78 is 50.7. The molecule has 0 fully saturated rings. The van der Waals surface area contributed by atoms with E-state index in [1.807, 2.05) is 0 Å². The molecule has 3 rings (SSSR count). The quantitative estimate of drug-likeness (QED) is 0.782. The normalized spacial score (nSPS) is 18.5. The molecule has 9 heteroatoms. The topological polar surface area (TPSA) is 59.6 Å². The largest absolute Gasteiger partial charge is 0.492 e. The van der Waals surface area contributed by atoms with Crippen molar-refractivity contribution in [2.24, 2.45) is 0 Å². The van der Waals surface area contributed by atoms with Crippen molar-refractivity contribution in [2.75, 3.05) is 5.32 Å². The number of para-hydroxylation sites is 1. The van der Waals surface area contributed by atoms with Crippen LogP contribution >= 0.6 is 11.6 Å². The number of hydrogen-bond acceptors (Lipinski definition) is 3. The third-order valence-corrected chi connectivity index (χ3v) is 4.02. The number of urea groups is 1. The minimum Gasteiger partial charge on any atom is -0.424 e. The van der Waals surface area contributed by atoms with Gasteiger partial charge >= 0.3 is 18.1 Å². The maximum atomic E-state index is 13.6. The number of hydrogen-bond donors (Lipinski definition) is 2. The van der Waals surface area contributed by atoms with Crippen molar-refractivity contribution in [1.29, 1.82) is 0 Å². The van der Waals surface area contributed by atoms with E-state index in [4.69, 9.17) is 21.1 Å². The molecule has 0 aliphatic carbocycles. The zero-order valence-electron chi connectivity index (χ0n) is 13.7. The summed E-state index contributed by atoms with van der Waals surface area (Å²) in [6, 6.07) is 7.86. The second-order valence-corrected chi connectivity index (χ2v) is 6.19. The summed E-state index contributed by atoms with van der Waals surface area (Å²) in [7, 11) is 0. The van der Waals surface area contributed by atoms with Crippen LogP contribution in [-0.2, 0) is 0 Å². The Hall–Kier alpha value is -2.61. The van der Waals surface area contributed by atoms with Gasteiger partial charge in [-0.25, -0.2) is 4.79 Å². The standard InChI is InChI=1S/C17H14ClF3N2O3/c1-9-4-3-5-10(2)14(9)22-15(24)23-17(16(19,20)21)25-12-7-6-11(18)8-13(12)26-17/h3-8H,1-2H3,(H2,22,23,24)/t17-/m0/s1. The zero-order chi connectivity index (χ0) is 19.1. The number of benzene rings is 2. The minimum absolute atomic E-state index is 0.172. The number of alkyl halides is 3. The van der Waals surface area contributed by atoms with Crippen molar-refractivity contribution in [1.82, 2.24) is 5.32 Å². The Balaban J connectivity index is 1.86. The molecule has 0 aromatic heterocycles. The molecule has 1 atom stereocenters. The molecule has 0 unspecified atom stereocenters. The van der Waals surface area contributed by atoms with Gasteiger partial charge < -0.3 is 14.8 Å². The molecule has 2 aromatic carbocycles. The first kappa shape index (κ1) is 18.2. The average Bonchev–Trinajstić information content (AvgIpc) is 2.89. The van der Waals surface area contributed by atoms with E-state index in [0.29, 0.717) is 16.8 Å². The van der Waals surface area contributed by atoms with E-state index in [1.165, 1.54) is 18.2 Å². The Morgan fingerprint density at radius 1 is 1.08 bits per heavy atom. The highest BCUT2D eigenvalue weighted by molar-refractivity contribution is 6.30. The van der Waals surface area contributed by atoms with Gasteiger partial charge in [0.2, 0.25) is 0 Å². The van der Waals surface area contributed by atoms with Crippen LogP contribution < -0.4 is 20.1 Å². The molecule has 1 aliphatic heterocycles. The molecular weight excluding hydrogens is 373 g/mol. The Morgan fingerprint density at radius 2 is 1.69 bits per heavy atom. The number of fused-ring (bicyclic) bond motifs is 1. The second kappa shape index (κ2) is 6.28. The van der Waals surface area contributed by atoms with Gasteiger partial charge in [0.25, 0.3) is 0 Å². The number of aryl methyl sites for hydroxylation is 2. The highest BCUT2D eigenvalue weighted by atomic mass is 35.5. The van der Waals surface area contributed by atoms with Crippen LogP contribution in [0.5, 0.6) is 11.5 Å². The lowest BCUT2D eigenvalue weighted by atomic mass is 10.1. The SMILES string of the molecule is Cc1cccc(C)c1NC(=O)N[C@@]1(C(F)(F)F)Oc2ccc(Cl)cc2O1. The summed E-state index contributed by atoms with van der Waals surface area (Å²) in [5, 5.41) is 4.31. The maximum absolute atomic E-state index is 13.6. The summed E-state index contributed by atoms with van der Waals surface area (Å²) in [6.07, 6.45) is -5.05. The van der Waals surface area contributed by atoms with Crippen molar-refractivity contribution < 1.29 is 27.4 Å². The molecule has 0 radical (unpaired) electrons. The second-order valence-electron chi connectivity index (χ2n) is 5.76. The van der Waals surface area contributed by atoms with E-state index in [1.54, 1.807) is 37.4 Å². The Morgan fingerprint density at radius 3 is 2.31 bits per heavy atom. The number of carbonyl (C=O) groups is 1. The fourth-order valence-electron chi connectivity index (χ4n) is 2.52. The molecule has 5 nitrogen and oxygen atoms in total. The van der Waals surface area contributed by atoms with Gasteiger partial charge in [0.15, 0.2) is 11.5 Å². The van der Waals surface area contributed by atoms with E-state index < -0.39 is 18.1 Å². The van der Waals surface area contributed by atoms with Crippen LogP contribution in [0, 0.1) is 13.8 Å². The van der Waals surface area contributed by atoms with Crippen molar-refractivity contribution >= 4 is 23.3 Å². The predicted octanol–water partition coefficient (Wildman–Crippen LogP) is 4.77. The van der Waals surface area contributed by atoms with Gasteiger partial charge in [-0.05, 0) is 37.1 Å². The molecule has 2 amide bonds. The van der Waals surface area contributed by atoms with E-state index >= 15 is 0 Å². The van der Waals surface area contributed by atoms with E-state index in [-0.39, 0.29) is 16.5 Å². The van der Waals surface area contributed by atoms with Gasteiger partial charge in [-0.1, -0.05) is 29.8 Å². The van der Waals surface area contributed by atoms with E-state index in [0.717, 1.165) is 0 Å². The van der Waals surface area contributed by atoms with Gasteiger partial charge in [0.05, 0.1) is 0 Å². The first-order valence-corrected chi connectivity index (χ1v) is 7.89. The number of ether oxygens (including phenoxy) is 2. The summed E-state index contributed by atoms with van der Waals surface area (Å²) in [5.41, 5.74) is 1.80. The van der Waals surface area contributed by atoms with Crippen LogP contribution in [-0.4, -0.2) is 18.1 Å². The fourth-order valence-corrected chi connectivity index (χ4v) is 2.68. The van der Waals surface area contributed by atoms with Crippen LogP contribution in [0.15, 0.2) is 36.4 Å². The monoisotopic (exact) mass is 386 g/mol. The number of amides is 2. The maximum Gasteiger partial charge on any atom is 0.492 e. The molecule has 0 saturated heterocycles. The molecule has 1 heterocycles. The average molecular weight is 387 g/mol. The smallest absolute Gasteiger partial charge is 0.424 e. The molecule has 2 aromatic rings. The lowest BCUT2D eigenvalue weighted by Crippen LogP contribution is -2.65. The zero-order valence-corrected chi connectivity index (χ0v) is 14.5. The van der Waals surface area contributed by atoms with Gasteiger partial charge in [-0.2, -0.15) is 13.2 Å². The molecule has 1 aliphatic rings. The highest BCUT2D eigenvalue weighted by Crippen LogP contribution is 2.46. The number of carbonyl (C=O) groups excluding carboxylic acids is 1. The summed E-state index contributed by atoms with van der Waals surface area (Å²) in [6.45, 7) is 3.45. The highest BCUT2D eigenvalue weighted by Gasteiger charge is 2.65. The van der Waals surface area contributed by atoms with Gasteiger partial charge in [0.1, 0.15) is 0 Å². The van der Waals surface area contributed by atoms with Gasteiger partial charge in [-0.3, -0.25) is 5.32 Å².